The molecule has 3 nitrogen and oxygen atoms in total. The maximum Gasteiger partial charge on any atom is 0.173 e. The van der Waals surface area contributed by atoms with Gasteiger partial charge in [0.05, 0.1) is 0 Å². The molecule has 0 saturated carbocycles. The molecule has 0 bridgehead atoms. The van der Waals surface area contributed by atoms with E-state index in [0.29, 0.717) is 5.17 Å². The fraction of sp³-hybridized carbons (Fsp3) is 0. The number of nitrogens with zero attached hydrogens (tertiary/aromatic N) is 1. The van der Waals surface area contributed by atoms with Gasteiger partial charge in [0.1, 0.15) is 0 Å². The van der Waals surface area contributed by atoms with Crippen LogP contribution in [0.4, 0.5) is 0 Å². The predicted octanol–water partition coefficient (Wildman–Crippen LogP) is 0.723. The Balaban J connectivity index is 2.93. The Labute approximate surface area is 55.9 Å². The molecular formula is C5H7N3S. The average Bonchev–Trinajstić information content (AvgIpc) is 1.99. The van der Waals surface area contributed by atoms with Gasteiger partial charge < -0.3 is 5.73 Å². The number of allylic oxidation sites excluding steroid dienone is 2. The van der Waals surface area contributed by atoms with Gasteiger partial charge in [-0.2, -0.15) is 0 Å². The number of nitrogens with two attached hydrogens (primary N) is 1. The second kappa shape index (κ2) is 2.59. The molecule has 0 amide bonds. The molecule has 3 N–H and O–H groups in total. The molecule has 4 heteroatoms. The van der Waals surface area contributed by atoms with Crippen molar-refractivity contribution in [3.05, 3.63) is 23.8 Å². The maximum absolute atomic E-state index is 7.26. The maximum atomic E-state index is 7.26. The van der Waals surface area contributed by atoms with Crippen LogP contribution in [0.1, 0.15) is 0 Å². The van der Waals surface area contributed by atoms with E-state index in [9.17, 15) is 0 Å². The van der Waals surface area contributed by atoms with Crippen molar-refractivity contribution in [1.29, 1.82) is 4.78 Å². The third-order valence-corrected chi connectivity index (χ3v) is 1.82. The Kier molecular flexibility index (Phi) is 1.79. The molecular weight excluding hydrogens is 134 g/mol. The molecule has 0 aromatic carbocycles. The van der Waals surface area contributed by atoms with Crippen LogP contribution in [0, 0.1) is 4.78 Å². The lowest BCUT2D eigenvalue weighted by molar-refractivity contribution is 1.54. The number of aliphatic imine (C=N–C) groups is 1. The van der Waals surface area contributed by atoms with Gasteiger partial charge in [-0.15, -0.1) is 0 Å². The molecule has 1 heterocycles. The lowest BCUT2D eigenvalue weighted by atomic mass is 10.6. The van der Waals surface area contributed by atoms with Crippen LogP contribution in [-0.4, -0.2) is 5.17 Å². The molecule has 1 atom stereocenters. The minimum Gasteiger partial charge on any atom is -0.377 e. The summed E-state index contributed by atoms with van der Waals surface area (Å²) in [5.74, 6) is 0. The molecule has 0 radical (unpaired) electrons. The summed E-state index contributed by atoms with van der Waals surface area (Å²) >= 11 is 0. The molecule has 0 aromatic rings. The highest BCUT2D eigenvalue weighted by Gasteiger charge is 1.93. The Morgan fingerprint density at radius 1 is 1.56 bits per heavy atom. The van der Waals surface area contributed by atoms with Crippen LogP contribution in [0.2, 0.25) is 0 Å². The summed E-state index contributed by atoms with van der Waals surface area (Å²) < 4.78 is 7.26. The summed E-state index contributed by atoms with van der Waals surface area (Å²) in [5, 5.41) is 2.09. The smallest absolute Gasteiger partial charge is 0.173 e. The molecule has 0 aromatic heterocycles. The van der Waals surface area contributed by atoms with E-state index in [-0.39, 0.29) is 0 Å². The summed E-state index contributed by atoms with van der Waals surface area (Å²) in [5.41, 5.74) is 5.35. The quantitative estimate of drug-likeness (QED) is 0.513. The van der Waals surface area contributed by atoms with E-state index in [1.807, 2.05) is 0 Å². The fourth-order valence-electron chi connectivity index (χ4n) is 0.417. The van der Waals surface area contributed by atoms with Crippen molar-refractivity contribution >= 4 is 15.9 Å². The highest BCUT2D eigenvalue weighted by Crippen LogP contribution is 1.93. The van der Waals surface area contributed by atoms with Gasteiger partial charge in [-0.25, -0.2) is 4.99 Å². The molecule has 0 fully saturated rings. The molecule has 9 heavy (non-hydrogen) atoms. The summed E-state index contributed by atoms with van der Waals surface area (Å²) in [6.45, 7) is 0. The van der Waals surface area contributed by atoms with Crippen molar-refractivity contribution in [2.45, 2.75) is 0 Å². The Morgan fingerprint density at radius 3 is 3.11 bits per heavy atom. The van der Waals surface area contributed by atoms with Crippen molar-refractivity contribution in [1.82, 2.24) is 0 Å². The van der Waals surface area contributed by atoms with Gasteiger partial charge in [0.25, 0.3) is 0 Å². The van der Waals surface area contributed by atoms with Gasteiger partial charge in [-0.1, -0.05) is 6.08 Å². The van der Waals surface area contributed by atoms with Crippen LogP contribution in [0.15, 0.2) is 28.8 Å². The number of amidine groups is 1. The number of rotatable bonds is 0. The molecule has 0 spiro atoms. The summed E-state index contributed by atoms with van der Waals surface area (Å²) in [4.78, 5) is 3.78. The average molecular weight is 141 g/mol. The van der Waals surface area contributed by atoms with Crippen LogP contribution in [-0.2, 0) is 10.7 Å². The molecule has 0 aliphatic carbocycles. The van der Waals surface area contributed by atoms with E-state index in [0.717, 1.165) is 0 Å². The highest BCUT2D eigenvalue weighted by atomic mass is 32.2. The van der Waals surface area contributed by atoms with Crippen LogP contribution in [0.25, 0.3) is 0 Å². The SMILES string of the molecule is N=S1C=CC=CN=C1N. The van der Waals surface area contributed by atoms with E-state index in [1.54, 1.807) is 23.8 Å². The number of hydrogen-bond donors (Lipinski definition) is 2. The third-order valence-electron chi connectivity index (χ3n) is 0.839. The van der Waals surface area contributed by atoms with Gasteiger partial charge in [-0.3, -0.25) is 4.78 Å². The minimum absolute atomic E-state index is 0.375. The van der Waals surface area contributed by atoms with E-state index in [1.165, 1.54) is 0 Å². The topological polar surface area (TPSA) is 62.2 Å². The zero-order valence-corrected chi connectivity index (χ0v) is 5.56. The van der Waals surface area contributed by atoms with Crippen molar-refractivity contribution in [2.24, 2.45) is 10.7 Å². The van der Waals surface area contributed by atoms with Crippen LogP contribution < -0.4 is 5.73 Å². The first-order chi connectivity index (χ1) is 4.30. The van der Waals surface area contributed by atoms with Crippen LogP contribution in [0.3, 0.4) is 0 Å². The van der Waals surface area contributed by atoms with Crippen LogP contribution >= 0.6 is 0 Å². The standard InChI is InChI=1S/C5H7N3S/c6-5-8-3-1-2-4-9(5)7/h1-4,7H,(H2,6,8). The summed E-state index contributed by atoms with van der Waals surface area (Å²) in [6, 6.07) is 0. The second-order valence-corrected chi connectivity index (χ2v) is 2.84. The van der Waals surface area contributed by atoms with Crippen molar-refractivity contribution in [3.8, 4) is 0 Å². The van der Waals surface area contributed by atoms with E-state index < -0.39 is 10.7 Å². The van der Waals surface area contributed by atoms with E-state index >= 15 is 0 Å². The molecule has 48 valence electrons. The van der Waals surface area contributed by atoms with Gasteiger partial charge >= 0.3 is 0 Å². The molecule has 1 aliphatic heterocycles. The predicted molar refractivity (Wildman–Crippen MR) is 40.0 cm³/mol. The van der Waals surface area contributed by atoms with Crippen molar-refractivity contribution in [3.63, 3.8) is 0 Å². The lowest BCUT2D eigenvalue weighted by Gasteiger charge is -1.92. The fourth-order valence-corrected chi connectivity index (χ4v) is 0.978. The molecule has 0 saturated heterocycles. The first kappa shape index (κ1) is 6.22. The zero-order chi connectivity index (χ0) is 6.69. The van der Waals surface area contributed by atoms with Crippen molar-refractivity contribution in [2.75, 3.05) is 0 Å². The summed E-state index contributed by atoms with van der Waals surface area (Å²) in [7, 11) is -0.718. The Bertz CT molecular complexity index is 214. The third kappa shape index (κ3) is 1.50. The number of nitrogens with one attached hydrogen (secondary N) is 1. The van der Waals surface area contributed by atoms with E-state index in [2.05, 4.69) is 4.99 Å². The Morgan fingerprint density at radius 2 is 2.33 bits per heavy atom. The normalized spacial score (nSPS) is 25.3. The van der Waals surface area contributed by atoms with Gasteiger partial charge in [0, 0.05) is 6.20 Å². The number of hydrogen-bond acceptors (Lipinski definition) is 3. The second-order valence-electron chi connectivity index (χ2n) is 1.48. The lowest BCUT2D eigenvalue weighted by Crippen LogP contribution is -2.14. The van der Waals surface area contributed by atoms with E-state index in [4.69, 9.17) is 10.5 Å². The molecule has 1 rings (SSSR count). The van der Waals surface area contributed by atoms with Gasteiger partial charge in [-0.05, 0) is 22.2 Å². The summed E-state index contributed by atoms with van der Waals surface area (Å²) in [6.07, 6.45) is 5.13. The van der Waals surface area contributed by atoms with Crippen molar-refractivity contribution < 1.29 is 0 Å². The monoisotopic (exact) mass is 141 g/mol. The van der Waals surface area contributed by atoms with Crippen LogP contribution in [0.5, 0.6) is 0 Å². The largest absolute Gasteiger partial charge is 0.377 e. The highest BCUT2D eigenvalue weighted by molar-refractivity contribution is 8.03. The minimum atomic E-state index is -0.718. The first-order valence-corrected chi connectivity index (χ1v) is 3.70. The Hall–Kier alpha value is -0.900. The molecule has 1 unspecified atom stereocenters. The van der Waals surface area contributed by atoms with Gasteiger partial charge in [0.15, 0.2) is 5.17 Å². The molecule has 1 aliphatic rings. The van der Waals surface area contributed by atoms with Gasteiger partial charge in [0.2, 0.25) is 0 Å². The first-order valence-electron chi connectivity index (χ1n) is 2.41. The zero-order valence-electron chi connectivity index (χ0n) is 4.74.